The third kappa shape index (κ3) is 4.50. The number of nitrogens with one attached hydrogen (secondary N) is 1. The van der Waals surface area contributed by atoms with Gasteiger partial charge in [-0.15, -0.1) is 0 Å². The molecule has 4 heteroatoms. The molecule has 1 fully saturated rings. The summed E-state index contributed by atoms with van der Waals surface area (Å²) >= 11 is 5.92. The predicted molar refractivity (Wildman–Crippen MR) is 80.7 cm³/mol. The van der Waals surface area contributed by atoms with Crippen molar-refractivity contribution in [3.63, 3.8) is 0 Å². The lowest BCUT2D eigenvalue weighted by molar-refractivity contribution is -0.121. The second-order valence-electron chi connectivity index (χ2n) is 5.56. The summed E-state index contributed by atoms with van der Waals surface area (Å²) in [6.45, 7) is 0.155. The van der Waals surface area contributed by atoms with Crippen molar-refractivity contribution in [2.45, 2.75) is 44.6 Å². The molecule has 0 aromatic heterocycles. The number of rotatable bonds is 4. The molecular formula is C16H22ClNO2. The Morgan fingerprint density at radius 3 is 2.85 bits per heavy atom. The maximum absolute atomic E-state index is 12.1. The molecule has 20 heavy (non-hydrogen) atoms. The fourth-order valence-electron chi connectivity index (χ4n) is 2.88. The summed E-state index contributed by atoms with van der Waals surface area (Å²) in [5, 5.41) is 13.2. The summed E-state index contributed by atoms with van der Waals surface area (Å²) < 4.78 is 0. The fourth-order valence-corrected chi connectivity index (χ4v) is 3.10. The Morgan fingerprint density at radius 1 is 1.30 bits per heavy atom. The standard InChI is InChI=1S/C16H22ClNO2/c17-14-7-4-5-12(9-14)10-16(20)18-15-8-3-1-2-6-13(15)11-19/h4-5,7,9,13,15,19H,1-3,6,8,10-11H2,(H,18,20). The van der Waals surface area contributed by atoms with Crippen LogP contribution >= 0.6 is 11.6 Å². The zero-order valence-corrected chi connectivity index (χ0v) is 12.4. The van der Waals surface area contributed by atoms with Crippen LogP contribution in [0.1, 0.15) is 37.7 Å². The largest absolute Gasteiger partial charge is 0.396 e. The molecule has 0 heterocycles. The van der Waals surface area contributed by atoms with Crippen molar-refractivity contribution in [3.05, 3.63) is 34.9 Å². The smallest absolute Gasteiger partial charge is 0.224 e. The monoisotopic (exact) mass is 295 g/mol. The minimum atomic E-state index is 0.0117. The van der Waals surface area contributed by atoms with E-state index in [1.54, 1.807) is 6.07 Å². The lowest BCUT2D eigenvalue weighted by Crippen LogP contribution is -2.41. The van der Waals surface area contributed by atoms with Crippen LogP contribution in [0.25, 0.3) is 0 Å². The molecule has 2 rings (SSSR count). The summed E-state index contributed by atoms with van der Waals surface area (Å²) in [5.74, 6) is 0.207. The quantitative estimate of drug-likeness (QED) is 0.839. The highest BCUT2D eigenvalue weighted by Gasteiger charge is 2.24. The summed E-state index contributed by atoms with van der Waals surface area (Å²) in [4.78, 5) is 12.1. The Morgan fingerprint density at radius 2 is 2.10 bits per heavy atom. The van der Waals surface area contributed by atoms with Gasteiger partial charge in [0.1, 0.15) is 0 Å². The fraction of sp³-hybridized carbons (Fsp3) is 0.562. The molecular weight excluding hydrogens is 274 g/mol. The Balaban J connectivity index is 1.92. The molecule has 1 aliphatic rings. The SMILES string of the molecule is O=C(Cc1cccc(Cl)c1)NC1CCCCCC1CO. The van der Waals surface area contributed by atoms with E-state index in [1.165, 1.54) is 6.42 Å². The number of hydrogen-bond donors (Lipinski definition) is 2. The first-order chi connectivity index (χ1) is 9.69. The van der Waals surface area contributed by atoms with Gasteiger partial charge in [0.2, 0.25) is 5.91 Å². The Kier molecular flexibility index (Phi) is 5.86. The molecule has 1 aromatic rings. The summed E-state index contributed by atoms with van der Waals surface area (Å²) in [5.41, 5.74) is 0.921. The average molecular weight is 296 g/mol. The van der Waals surface area contributed by atoms with Crippen molar-refractivity contribution >= 4 is 17.5 Å². The van der Waals surface area contributed by atoms with Gasteiger partial charge in [-0.3, -0.25) is 4.79 Å². The molecule has 110 valence electrons. The van der Waals surface area contributed by atoms with E-state index in [9.17, 15) is 9.90 Å². The Labute approximate surface area is 125 Å². The van der Waals surface area contributed by atoms with Crippen LogP contribution in [-0.4, -0.2) is 23.7 Å². The van der Waals surface area contributed by atoms with E-state index in [4.69, 9.17) is 11.6 Å². The van der Waals surface area contributed by atoms with Gasteiger partial charge in [0.05, 0.1) is 6.42 Å². The zero-order valence-electron chi connectivity index (χ0n) is 11.6. The lowest BCUT2D eigenvalue weighted by atomic mass is 9.95. The van der Waals surface area contributed by atoms with Crippen LogP contribution in [0.3, 0.4) is 0 Å². The van der Waals surface area contributed by atoms with E-state index < -0.39 is 0 Å². The van der Waals surface area contributed by atoms with Crippen molar-refractivity contribution < 1.29 is 9.90 Å². The summed E-state index contributed by atoms with van der Waals surface area (Å²) in [6.07, 6.45) is 5.77. The highest BCUT2D eigenvalue weighted by molar-refractivity contribution is 6.30. The molecule has 2 N–H and O–H groups in total. The Hall–Kier alpha value is -1.06. The number of carbonyl (C=O) groups excluding carboxylic acids is 1. The van der Waals surface area contributed by atoms with Gasteiger partial charge in [0.15, 0.2) is 0 Å². The van der Waals surface area contributed by atoms with E-state index in [0.29, 0.717) is 11.4 Å². The molecule has 0 spiro atoms. The van der Waals surface area contributed by atoms with E-state index in [2.05, 4.69) is 5.32 Å². The van der Waals surface area contributed by atoms with Gasteiger partial charge in [-0.2, -0.15) is 0 Å². The predicted octanol–water partition coefficient (Wildman–Crippen LogP) is 2.94. The van der Waals surface area contributed by atoms with Crippen LogP contribution in [0.15, 0.2) is 24.3 Å². The minimum absolute atomic E-state index is 0.0117. The number of carbonyl (C=O) groups is 1. The van der Waals surface area contributed by atoms with Crippen LogP contribution in [0.4, 0.5) is 0 Å². The number of halogens is 1. The normalized spacial score (nSPS) is 23.1. The molecule has 1 saturated carbocycles. The number of amides is 1. The first-order valence-electron chi connectivity index (χ1n) is 7.33. The van der Waals surface area contributed by atoms with Crippen LogP contribution in [-0.2, 0) is 11.2 Å². The Bertz CT molecular complexity index is 450. The molecule has 3 nitrogen and oxygen atoms in total. The second kappa shape index (κ2) is 7.65. The van der Waals surface area contributed by atoms with Crippen molar-refractivity contribution in [2.24, 2.45) is 5.92 Å². The molecule has 1 amide bonds. The first-order valence-corrected chi connectivity index (χ1v) is 7.71. The maximum atomic E-state index is 12.1. The second-order valence-corrected chi connectivity index (χ2v) is 6.00. The third-order valence-electron chi connectivity index (χ3n) is 3.99. The van der Waals surface area contributed by atoms with Gasteiger partial charge < -0.3 is 10.4 Å². The lowest BCUT2D eigenvalue weighted by Gasteiger charge is -2.24. The third-order valence-corrected chi connectivity index (χ3v) is 4.23. The van der Waals surface area contributed by atoms with Crippen LogP contribution in [0.2, 0.25) is 5.02 Å². The van der Waals surface area contributed by atoms with Gasteiger partial charge in [0, 0.05) is 23.6 Å². The average Bonchev–Trinajstić information content (AvgIpc) is 2.63. The number of aliphatic hydroxyl groups is 1. The first kappa shape index (κ1) is 15.3. The molecule has 0 bridgehead atoms. The van der Waals surface area contributed by atoms with Crippen LogP contribution < -0.4 is 5.32 Å². The highest BCUT2D eigenvalue weighted by Crippen LogP contribution is 2.23. The van der Waals surface area contributed by atoms with Crippen molar-refractivity contribution in [3.8, 4) is 0 Å². The molecule has 0 aliphatic heterocycles. The van der Waals surface area contributed by atoms with Gasteiger partial charge in [-0.05, 0) is 30.5 Å². The summed E-state index contributed by atoms with van der Waals surface area (Å²) in [6, 6.07) is 7.48. The molecule has 1 aromatic carbocycles. The summed E-state index contributed by atoms with van der Waals surface area (Å²) in [7, 11) is 0. The van der Waals surface area contributed by atoms with E-state index in [-0.39, 0.29) is 24.5 Å². The van der Waals surface area contributed by atoms with Crippen molar-refractivity contribution in [1.82, 2.24) is 5.32 Å². The van der Waals surface area contributed by atoms with E-state index in [1.807, 2.05) is 18.2 Å². The van der Waals surface area contributed by atoms with E-state index in [0.717, 1.165) is 31.2 Å². The molecule has 0 saturated heterocycles. The number of aliphatic hydroxyl groups excluding tert-OH is 1. The topological polar surface area (TPSA) is 49.3 Å². The van der Waals surface area contributed by atoms with Gasteiger partial charge >= 0.3 is 0 Å². The molecule has 0 radical (unpaired) electrons. The van der Waals surface area contributed by atoms with Gasteiger partial charge in [-0.1, -0.05) is 43.0 Å². The molecule has 1 aliphatic carbocycles. The van der Waals surface area contributed by atoms with Gasteiger partial charge in [0.25, 0.3) is 0 Å². The highest BCUT2D eigenvalue weighted by atomic mass is 35.5. The van der Waals surface area contributed by atoms with Crippen LogP contribution in [0.5, 0.6) is 0 Å². The van der Waals surface area contributed by atoms with E-state index >= 15 is 0 Å². The van der Waals surface area contributed by atoms with Crippen LogP contribution in [0, 0.1) is 5.92 Å². The maximum Gasteiger partial charge on any atom is 0.224 e. The molecule has 2 atom stereocenters. The van der Waals surface area contributed by atoms with Gasteiger partial charge in [-0.25, -0.2) is 0 Å². The minimum Gasteiger partial charge on any atom is -0.396 e. The number of hydrogen-bond acceptors (Lipinski definition) is 2. The van der Waals surface area contributed by atoms with Crippen molar-refractivity contribution in [2.75, 3.05) is 6.61 Å². The molecule has 2 unspecified atom stereocenters. The zero-order chi connectivity index (χ0) is 14.4. The number of benzene rings is 1. The van der Waals surface area contributed by atoms with Crippen molar-refractivity contribution in [1.29, 1.82) is 0 Å².